The first-order valence-electron chi connectivity index (χ1n) is 10.2. The molecule has 2 aliphatic rings. The molecule has 5 heteroatoms. The number of ether oxygens (including phenoxy) is 2. The van der Waals surface area contributed by atoms with Gasteiger partial charge in [0.1, 0.15) is 11.5 Å². The van der Waals surface area contributed by atoms with E-state index < -0.39 is 0 Å². The van der Waals surface area contributed by atoms with Crippen molar-refractivity contribution in [3.8, 4) is 22.6 Å². The first kappa shape index (κ1) is 19.1. The van der Waals surface area contributed by atoms with Crippen LogP contribution in [0.15, 0.2) is 35.1 Å². The number of aromatic nitrogens is 1. The predicted octanol–water partition coefficient (Wildman–Crippen LogP) is 3.61. The molecular weight excluding hydrogens is 352 g/mol. The zero-order valence-corrected chi connectivity index (χ0v) is 17.3. The van der Waals surface area contributed by atoms with Gasteiger partial charge in [-0.25, -0.2) is 0 Å². The van der Waals surface area contributed by atoms with Crippen LogP contribution in [0, 0.1) is 11.8 Å². The molecule has 2 aliphatic heterocycles. The summed E-state index contributed by atoms with van der Waals surface area (Å²) in [5.41, 5.74) is 3.16. The largest absolute Gasteiger partial charge is 0.497 e. The SMILES string of the molecule is COc1cc(OC)cc(-c2cc3n(c(=O)c2)C[C@H]2C[C@@H]3CN(CC(C)C)C2)c1. The Bertz CT molecular complexity index is 896. The fourth-order valence-corrected chi connectivity index (χ4v) is 4.86. The monoisotopic (exact) mass is 382 g/mol. The lowest BCUT2D eigenvalue weighted by atomic mass is 9.82. The molecule has 5 nitrogen and oxygen atoms in total. The van der Waals surface area contributed by atoms with Crippen LogP contribution in [0.25, 0.3) is 11.1 Å². The van der Waals surface area contributed by atoms with E-state index in [0.29, 0.717) is 17.8 Å². The van der Waals surface area contributed by atoms with Crippen LogP contribution in [-0.2, 0) is 6.54 Å². The Kier molecular flexibility index (Phi) is 5.19. The lowest BCUT2D eigenvalue weighted by molar-refractivity contribution is 0.109. The van der Waals surface area contributed by atoms with Gasteiger partial charge in [-0.2, -0.15) is 0 Å². The van der Waals surface area contributed by atoms with Gasteiger partial charge in [0.2, 0.25) is 0 Å². The Morgan fingerprint density at radius 1 is 0.964 bits per heavy atom. The highest BCUT2D eigenvalue weighted by Crippen LogP contribution is 2.37. The van der Waals surface area contributed by atoms with Gasteiger partial charge in [-0.3, -0.25) is 4.79 Å². The van der Waals surface area contributed by atoms with Crippen molar-refractivity contribution >= 4 is 0 Å². The molecule has 1 fully saturated rings. The smallest absolute Gasteiger partial charge is 0.251 e. The maximum absolute atomic E-state index is 12.9. The first-order valence-corrected chi connectivity index (χ1v) is 10.2. The Morgan fingerprint density at radius 3 is 2.29 bits per heavy atom. The zero-order valence-electron chi connectivity index (χ0n) is 17.3. The number of benzene rings is 1. The zero-order chi connectivity index (χ0) is 19.8. The van der Waals surface area contributed by atoms with Gasteiger partial charge >= 0.3 is 0 Å². The molecule has 3 heterocycles. The average Bonchev–Trinajstić information content (AvgIpc) is 2.67. The molecule has 1 aromatic heterocycles. The van der Waals surface area contributed by atoms with Gasteiger partial charge in [-0.1, -0.05) is 13.8 Å². The van der Waals surface area contributed by atoms with E-state index in [-0.39, 0.29) is 5.56 Å². The van der Waals surface area contributed by atoms with Crippen molar-refractivity contribution in [2.45, 2.75) is 32.7 Å². The van der Waals surface area contributed by atoms with Crippen LogP contribution in [-0.4, -0.2) is 43.3 Å². The number of hydrogen-bond donors (Lipinski definition) is 0. The summed E-state index contributed by atoms with van der Waals surface area (Å²) in [4.78, 5) is 15.5. The number of likely N-dealkylation sites (tertiary alicyclic amines) is 1. The van der Waals surface area contributed by atoms with Crippen LogP contribution < -0.4 is 15.0 Å². The van der Waals surface area contributed by atoms with E-state index in [0.717, 1.165) is 48.8 Å². The molecule has 1 aromatic carbocycles. The molecule has 2 bridgehead atoms. The quantitative estimate of drug-likeness (QED) is 0.792. The van der Waals surface area contributed by atoms with Gasteiger partial charge in [0.05, 0.1) is 14.2 Å². The second kappa shape index (κ2) is 7.63. The van der Waals surface area contributed by atoms with Gasteiger partial charge in [0.15, 0.2) is 0 Å². The first-order chi connectivity index (χ1) is 13.5. The number of hydrogen-bond acceptors (Lipinski definition) is 4. The second-order valence-electron chi connectivity index (χ2n) is 8.63. The normalized spacial score (nSPS) is 21.5. The highest BCUT2D eigenvalue weighted by molar-refractivity contribution is 5.67. The molecule has 150 valence electrons. The minimum absolute atomic E-state index is 0.0984. The number of piperidine rings is 1. The summed E-state index contributed by atoms with van der Waals surface area (Å²) in [6.45, 7) is 8.66. The number of rotatable bonds is 5. The molecule has 1 saturated heterocycles. The maximum atomic E-state index is 12.9. The predicted molar refractivity (Wildman–Crippen MR) is 111 cm³/mol. The Balaban J connectivity index is 1.73. The van der Waals surface area contributed by atoms with E-state index in [1.165, 1.54) is 12.1 Å². The Hall–Kier alpha value is -2.27. The lowest BCUT2D eigenvalue weighted by Gasteiger charge is -2.43. The summed E-state index contributed by atoms with van der Waals surface area (Å²) in [6, 6.07) is 9.74. The van der Waals surface area contributed by atoms with E-state index in [1.54, 1.807) is 20.3 Å². The summed E-state index contributed by atoms with van der Waals surface area (Å²) in [5.74, 6) is 3.12. The van der Waals surface area contributed by atoms with Crippen LogP contribution in [0.1, 0.15) is 31.9 Å². The van der Waals surface area contributed by atoms with Crippen molar-refractivity contribution in [1.29, 1.82) is 0 Å². The molecule has 0 aliphatic carbocycles. The van der Waals surface area contributed by atoms with E-state index in [9.17, 15) is 4.79 Å². The molecule has 0 spiro atoms. The standard InChI is InChI=1S/C23H30N2O3/c1-15(2)11-24-12-16-5-19(14-24)22-8-18(9-23(26)25(22)13-16)17-6-20(27-3)10-21(7-17)28-4/h6-10,15-16,19H,5,11-14H2,1-4H3/t16-,19+/m0/s1. The summed E-state index contributed by atoms with van der Waals surface area (Å²) in [6.07, 6.45) is 1.18. The number of methoxy groups -OCH3 is 2. The summed E-state index contributed by atoms with van der Waals surface area (Å²) in [7, 11) is 3.29. The number of pyridine rings is 1. The minimum atomic E-state index is 0.0984. The van der Waals surface area contributed by atoms with Gasteiger partial charge in [-0.15, -0.1) is 0 Å². The molecule has 2 aromatic rings. The lowest BCUT2D eigenvalue weighted by Crippen LogP contribution is -2.48. The number of nitrogens with zero attached hydrogens (tertiary/aromatic N) is 2. The van der Waals surface area contributed by atoms with Crippen molar-refractivity contribution in [3.63, 3.8) is 0 Å². The maximum Gasteiger partial charge on any atom is 0.251 e. The van der Waals surface area contributed by atoms with Crippen LogP contribution in [0.5, 0.6) is 11.5 Å². The Morgan fingerprint density at radius 2 is 1.64 bits per heavy atom. The van der Waals surface area contributed by atoms with E-state index >= 15 is 0 Å². The molecular formula is C23H30N2O3. The van der Waals surface area contributed by atoms with Crippen molar-refractivity contribution < 1.29 is 9.47 Å². The molecule has 2 atom stereocenters. The Labute approximate surface area is 166 Å². The third-order valence-corrected chi connectivity index (χ3v) is 5.94. The van der Waals surface area contributed by atoms with Gasteiger partial charge < -0.3 is 18.9 Å². The van der Waals surface area contributed by atoms with E-state index in [2.05, 4.69) is 24.8 Å². The average molecular weight is 383 g/mol. The van der Waals surface area contributed by atoms with Crippen molar-refractivity contribution in [1.82, 2.24) is 9.47 Å². The molecule has 28 heavy (non-hydrogen) atoms. The molecule has 0 amide bonds. The van der Waals surface area contributed by atoms with E-state index in [4.69, 9.17) is 9.47 Å². The molecule has 0 radical (unpaired) electrons. The summed E-state index contributed by atoms with van der Waals surface area (Å²) >= 11 is 0. The fraction of sp³-hybridized carbons (Fsp3) is 0.522. The van der Waals surface area contributed by atoms with Crippen molar-refractivity contribution in [3.05, 3.63) is 46.4 Å². The van der Waals surface area contributed by atoms with Gasteiger partial charge in [0, 0.05) is 49.9 Å². The molecule has 0 saturated carbocycles. The molecule has 4 rings (SSSR count). The number of fused-ring (bicyclic) bond motifs is 4. The van der Waals surface area contributed by atoms with Crippen molar-refractivity contribution in [2.75, 3.05) is 33.9 Å². The highest BCUT2D eigenvalue weighted by atomic mass is 16.5. The minimum Gasteiger partial charge on any atom is -0.497 e. The molecule has 0 unspecified atom stereocenters. The third-order valence-electron chi connectivity index (χ3n) is 5.94. The van der Waals surface area contributed by atoms with Crippen molar-refractivity contribution in [2.24, 2.45) is 11.8 Å². The summed E-state index contributed by atoms with van der Waals surface area (Å²) in [5, 5.41) is 0. The van der Waals surface area contributed by atoms with Crippen LogP contribution in [0.2, 0.25) is 0 Å². The van der Waals surface area contributed by atoms with E-state index in [1.807, 2.05) is 22.8 Å². The van der Waals surface area contributed by atoms with Gasteiger partial charge in [0.25, 0.3) is 5.56 Å². The topological polar surface area (TPSA) is 43.7 Å². The van der Waals surface area contributed by atoms with Crippen LogP contribution in [0.3, 0.4) is 0 Å². The van der Waals surface area contributed by atoms with Gasteiger partial charge in [-0.05, 0) is 47.6 Å². The molecule has 0 N–H and O–H groups in total. The fourth-order valence-electron chi connectivity index (χ4n) is 4.86. The third kappa shape index (κ3) is 3.68. The highest BCUT2D eigenvalue weighted by Gasteiger charge is 2.35. The van der Waals surface area contributed by atoms with Crippen LogP contribution in [0.4, 0.5) is 0 Å². The second-order valence-corrected chi connectivity index (χ2v) is 8.63. The summed E-state index contributed by atoms with van der Waals surface area (Å²) < 4.78 is 12.8. The van der Waals surface area contributed by atoms with Crippen LogP contribution >= 0.6 is 0 Å².